The summed E-state index contributed by atoms with van der Waals surface area (Å²) in [6, 6.07) is 4.43. The number of piperidine rings is 1. The van der Waals surface area contributed by atoms with Gasteiger partial charge in [0.1, 0.15) is 11.7 Å². The van der Waals surface area contributed by atoms with E-state index in [1.807, 2.05) is 20.1 Å². The molecular formula is C31H43NO6. The lowest BCUT2D eigenvalue weighted by molar-refractivity contribution is -0.312. The fraction of sp³-hybridized carbons (Fsp3) is 0.774. The summed E-state index contributed by atoms with van der Waals surface area (Å²) in [5.74, 6) is 1.85. The van der Waals surface area contributed by atoms with Crippen molar-refractivity contribution in [2.75, 3.05) is 27.3 Å². The molecule has 7 heteroatoms. The topological polar surface area (TPSA) is 77.5 Å². The molecule has 1 N–H and O–H groups in total. The van der Waals surface area contributed by atoms with Crippen LogP contribution in [0.1, 0.15) is 77.3 Å². The number of ether oxygens (including phenoxy) is 4. The third-order valence-electron chi connectivity index (χ3n) is 12.2. The molecule has 0 radical (unpaired) electrons. The Morgan fingerprint density at radius 2 is 1.92 bits per heavy atom. The van der Waals surface area contributed by atoms with Crippen LogP contribution in [0.25, 0.3) is 0 Å². The lowest BCUT2D eigenvalue weighted by atomic mass is 9.33. The Kier molecular flexibility index (Phi) is 5.08. The van der Waals surface area contributed by atoms with E-state index in [0.717, 1.165) is 44.6 Å². The molecule has 2 spiro atoms. The Hall–Kier alpha value is -1.83. The molecular weight excluding hydrogens is 482 g/mol. The third-order valence-corrected chi connectivity index (χ3v) is 12.2. The Bertz CT molecular complexity index is 1190. The van der Waals surface area contributed by atoms with Crippen molar-refractivity contribution in [1.82, 2.24) is 4.90 Å². The summed E-state index contributed by atoms with van der Waals surface area (Å²) in [4.78, 5) is 15.0. The molecule has 5 aliphatic carbocycles. The normalized spacial score (nSPS) is 40.2. The maximum absolute atomic E-state index is 12.3. The van der Waals surface area contributed by atoms with E-state index in [1.54, 1.807) is 0 Å². The Morgan fingerprint density at radius 3 is 2.58 bits per heavy atom. The third kappa shape index (κ3) is 2.83. The minimum atomic E-state index is -0.961. The van der Waals surface area contributed by atoms with Crippen molar-refractivity contribution in [1.29, 1.82) is 0 Å². The summed E-state index contributed by atoms with van der Waals surface area (Å²) in [6.07, 6.45) is 6.50. The molecule has 7 nitrogen and oxygen atoms in total. The van der Waals surface area contributed by atoms with Crippen LogP contribution in [-0.4, -0.2) is 66.8 Å². The minimum Gasteiger partial charge on any atom is -0.482 e. The average molecular weight is 526 g/mol. The monoisotopic (exact) mass is 525 g/mol. The number of aliphatic hydroxyl groups is 1. The van der Waals surface area contributed by atoms with E-state index in [9.17, 15) is 9.90 Å². The summed E-state index contributed by atoms with van der Waals surface area (Å²) >= 11 is 0. The van der Waals surface area contributed by atoms with Gasteiger partial charge in [0.15, 0.2) is 11.5 Å². The van der Waals surface area contributed by atoms with Crippen molar-refractivity contribution in [2.45, 2.75) is 101 Å². The summed E-state index contributed by atoms with van der Waals surface area (Å²) in [7, 11) is 3.14. The Balaban J connectivity index is 1.45. The number of fused-ring (bicyclic) bond motifs is 2. The first kappa shape index (κ1) is 25.2. The van der Waals surface area contributed by atoms with E-state index in [4.69, 9.17) is 18.9 Å². The molecule has 2 aliphatic heterocycles. The van der Waals surface area contributed by atoms with Crippen molar-refractivity contribution in [3.05, 3.63) is 23.3 Å². The predicted octanol–water partition coefficient (Wildman–Crippen LogP) is 4.85. The van der Waals surface area contributed by atoms with Gasteiger partial charge in [-0.05, 0) is 81.4 Å². The van der Waals surface area contributed by atoms with Gasteiger partial charge < -0.3 is 24.1 Å². The molecule has 8 rings (SSSR count). The van der Waals surface area contributed by atoms with E-state index in [1.165, 1.54) is 37.6 Å². The molecule has 0 aromatic heterocycles. The molecule has 208 valence electrons. The molecule has 38 heavy (non-hydrogen) atoms. The quantitative estimate of drug-likeness (QED) is 0.435. The van der Waals surface area contributed by atoms with Crippen molar-refractivity contribution in [2.24, 2.45) is 22.7 Å². The highest BCUT2D eigenvalue weighted by atomic mass is 16.7. The van der Waals surface area contributed by atoms with E-state index < -0.39 is 17.4 Å². The van der Waals surface area contributed by atoms with Crippen LogP contribution in [0.5, 0.6) is 11.5 Å². The molecule has 7 atom stereocenters. The van der Waals surface area contributed by atoms with Crippen LogP contribution in [0.15, 0.2) is 12.1 Å². The predicted molar refractivity (Wildman–Crippen MR) is 142 cm³/mol. The van der Waals surface area contributed by atoms with Crippen LogP contribution in [-0.2, 0) is 21.3 Å². The van der Waals surface area contributed by atoms with E-state index in [-0.39, 0.29) is 28.3 Å². The molecule has 4 saturated carbocycles. The lowest BCUT2D eigenvalue weighted by Gasteiger charge is -2.75. The first-order chi connectivity index (χ1) is 17.9. The number of hydrogen-bond donors (Lipinski definition) is 1. The zero-order valence-electron chi connectivity index (χ0n) is 23.8. The van der Waals surface area contributed by atoms with Crippen LogP contribution in [0, 0.1) is 22.7 Å². The molecule has 0 amide bonds. The second kappa shape index (κ2) is 7.67. The van der Waals surface area contributed by atoms with Crippen molar-refractivity contribution >= 4 is 6.16 Å². The standard InChI is InChI=1S/C31H43NO6/c1-27(2,3)28(4,34)21-16-29-11-12-31(21,36-6)25-30(29)13-14-32(17-18-7-8-18)22(29)15-19-9-10-20(37-26(33)35-5)24(38-25)23(19)30/h9-10,18,21-22,25,34H,7-8,11-17H2,1-6H3/t21-,22-,25-,28+,29-,30+,31+/m1/s1. The van der Waals surface area contributed by atoms with Gasteiger partial charge in [0.05, 0.1) is 12.7 Å². The number of rotatable bonds is 5. The van der Waals surface area contributed by atoms with Gasteiger partial charge in [-0.15, -0.1) is 0 Å². The Morgan fingerprint density at radius 1 is 1.16 bits per heavy atom. The number of nitrogens with zero attached hydrogens (tertiary/aromatic N) is 1. The number of carbonyl (C=O) groups is 1. The number of likely N-dealkylation sites (tertiary alicyclic amines) is 1. The molecule has 4 bridgehead atoms. The lowest BCUT2D eigenvalue weighted by Crippen LogP contribution is -2.83. The smallest absolute Gasteiger partial charge is 0.482 e. The molecule has 2 heterocycles. The van der Waals surface area contributed by atoms with Gasteiger partial charge in [0, 0.05) is 42.0 Å². The summed E-state index contributed by atoms with van der Waals surface area (Å²) in [5.41, 5.74) is 0.352. The Labute approximate surface area is 226 Å². The van der Waals surface area contributed by atoms with Crippen LogP contribution >= 0.6 is 0 Å². The zero-order valence-corrected chi connectivity index (χ0v) is 23.8. The first-order valence-corrected chi connectivity index (χ1v) is 14.6. The number of hydrogen-bond acceptors (Lipinski definition) is 7. The molecule has 1 aromatic carbocycles. The largest absolute Gasteiger partial charge is 0.513 e. The highest BCUT2D eigenvalue weighted by Gasteiger charge is 2.82. The van der Waals surface area contributed by atoms with Crippen LogP contribution in [0.4, 0.5) is 4.79 Å². The summed E-state index contributed by atoms with van der Waals surface area (Å²) in [5, 5.41) is 12.3. The average Bonchev–Trinajstić information content (AvgIpc) is 3.62. The van der Waals surface area contributed by atoms with Crippen molar-refractivity contribution in [3.63, 3.8) is 0 Å². The molecule has 1 aromatic rings. The minimum absolute atomic E-state index is 0.0346. The van der Waals surface area contributed by atoms with Gasteiger partial charge in [-0.3, -0.25) is 4.90 Å². The number of carbonyl (C=O) groups excluding carboxylic acids is 1. The van der Waals surface area contributed by atoms with Gasteiger partial charge in [-0.2, -0.15) is 0 Å². The van der Waals surface area contributed by atoms with Crippen molar-refractivity contribution in [3.8, 4) is 11.5 Å². The van der Waals surface area contributed by atoms with Gasteiger partial charge in [-0.25, -0.2) is 4.79 Å². The number of methoxy groups -OCH3 is 2. The van der Waals surface area contributed by atoms with E-state index >= 15 is 0 Å². The highest BCUT2D eigenvalue weighted by Crippen LogP contribution is 2.78. The zero-order chi connectivity index (χ0) is 26.9. The first-order valence-electron chi connectivity index (χ1n) is 14.6. The van der Waals surface area contributed by atoms with Crippen molar-refractivity contribution < 1.29 is 28.8 Å². The fourth-order valence-corrected chi connectivity index (χ4v) is 9.78. The van der Waals surface area contributed by atoms with Crippen LogP contribution in [0.2, 0.25) is 0 Å². The summed E-state index contributed by atoms with van der Waals surface area (Å²) in [6.45, 7) is 10.6. The maximum Gasteiger partial charge on any atom is 0.513 e. The SMILES string of the molecule is COC(=O)Oc1ccc2c3c1O[C@H]1[C@]4(OC)CC[C@@]5(C[C@@H]4[C@](C)(O)C(C)(C)C)[C@@H](C2)N(CC2CC2)CC[C@]315. The van der Waals surface area contributed by atoms with Gasteiger partial charge in [0.25, 0.3) is 0 Å². The van der Waals surface area contributed by atoms with E-state index in [2.05, 4.69) is 31.7 Å². The maximum atomic E-state index is 12.3. The van der Waals surface area contributed by atoms with Gasteiger partial charge in [0.2, 0.25) is 0 Å². The van der Waals surface area contributed by atoms with E-state index in [0.29, 0.717) is 17.5 Å². The second-order valence-corrected chi connectivity index (χ2v) is 14.3. The molecule has 1 saturated heterocycles. The molecule has 5 fully saturated rings. The number of benzene rings is 1. The highest BCUT2D eigenvalue weighted by molar-refractivity contribution is 5.69. The molecule has 0 unspecified atom stereocenters. The van der Waals surface area contributed by atoms with Crippen LogP contribution in [0.3, 0.4) is 0 Å². The van der Waals surface area contributed by atoms with Crippen LogP contribution < -0.4 is 9.47 Å². The summed E-state index contributed by atoms with van der Waals surface area (Å²) < 4.78 is 24.2. The second-order valence-electron chi connectivity index (χ2n) is 14.3. The fourth-order valence-electron chi connectivity index (χ4n) is 9.78. The molecule has 7 aliphatic rings. The van der Waals surface area contributed by atoms with Gasteiger partial charge in [-0.1, -0.05) is 26.8 Å². The van der Waals surface area contributed by atoms with Gasteiger partial charge >= 0.3 is 6.16 Å².